The molecule has 1 aliphatic rings. The number of halogens is 3. The summed E-state index contributed by atoms with van der Waals surface area (Å²) in [6.07, 6.45) is 6.49. The third-order valence-corrected chi connectivity index (χ3v) is 7.66. The van der Waals surface area contributed by atoms with E-state index >= 15 is 0 Å². The Balaban J connectivity index is 1.51. The SMILES string of the molecule is O=[PH](O)OCCCNCc1ccc(CCCCCC2(c3ccccc3)CCCCC2)c(OC(F)(F)F)c1. The Hall–Kier alpha value is -1.86. The lowest BCUT2D eigenvalue weighted by molar-refractivity contribution is -0.274. The second kappa shape index (κ2) is 14.9. The molecule has 1 atom stereocenters. The standard InChI is InChI=1S/C28H39F3NO4P/c29-28(30,31)36-26-21-23(22-32-19-10-20-35-37(33)34)14-15-24(26)11-4-2-7-16-27(17-8-3-9-18-27)25-12-5-1-6-13-25/h1,5-6,12-15,21,32,37H,2-4,7-11,16-20,22H2,(H,33,34). The predicted octanol–water partition coefficient (Wildman–Crippen LogP) is 7.47. The molecule has 0 aromatic heterocycles. The van der Waals surface area contributed by atoms with E-state index in [9.17, 15) is 17.7 Å². The molecule has 1 saturated carbocycles. The van der Waals surface area contributed by atoms with E-state index < -0.39 is 14.6 Å². The number of unbranched alkanes of at least 4 members (excludes halogenated alkanes) is 2. The predicted molar refractivity (Wildman–Crippen MR) is 140 cm³/mol. The van der Waals surface area contributed by atoms with Crippen LogP contribution in [0.4, 0.5) is 13.2 Å². The Morgan fingerprint density at radius 2 is 1.73 bits per heavy atom. The molecular weight excluding hydrogens is 502 g/mol. The van der Waals surface area contributed by atoms with E-state index in [1.54, 1.807) is 6.07 Å². The molecule has 3 rings (SSSR count). The Morgan fingerprint density at radius 3 is 2.43 bits per heavy atom. The highest BCUT2D eigenvalue weighted by Crippen LogP contribution is 2.43. The van der Waals surface area contributed by atoms with Crippen LogP contribution in [0.1, 0.15) is 80.9 Å². The number of hydrogen-bond acceptors (Lipinski definition) is 4. The van der Waals surface area contributed by atoms with Crippen molar-refractivity contribution in [1.29, 1.82) is 0 Å². The molecule has 0 amide bonds. The van der Waals surface area contributed by atoms with Gasteiger partial charge < -0.3 is 19.5 Å². The molecule has 5 nitrogen and oxygen atoms in total. The quantitative estimate of drug-likeness (QED) is 0.181. The zero-order valence-corrected chi connectivity index (χ0v) is 22.3. The van der Waals surface area contributed by atoms with Crippen molar-refractivity contribution in [3.8, 4) is 5.75 Å². The van der Waals surface area contributed by atoms with Gasteiger partial charge in [0.2, 0.25) is 0 Å². The minimum atomic E-state index is -4.75. The van der Waals surface area contributed by atoms with Gasteiger partial charge in [0.15, 0.2) is 0 Å². The molecule has 0 saturated heterocycles. The third kappa shape index (κ3) is 10.4. The van der Waals surface area contributed by atoms with Crippen molar-refractivity contribution >= 4 is 8.25 Å². The first kappa shape index (κ1) is 29.7. The molecule has 2 N–H and O–H groups in total. The lowest BCUT2D eigenvalue weighted by Crippen LogP contribution is -2.29. The van der Waals surface area contributed by atoms with Gasteiger partial charge in [-0.2, -0.15) is 0 Å². The maximum absolute atomic E-state index is 13.1. The number of aryl methyl sites for hydroxylation is 1. The first-order chi connectivity index (χ1) is 17.8. The van der Waals surface area contributed by atoms with Crippen LogP contribution in [-0.2, 0) is 27.5 Å². The van der Waals surface area contributed by atoms with Crippen LogP contribution in [-0.4, -0.2) is 24.4 Å². The average molecular weight is 542 g/mol. The van der Waals surface area contributed by atoms with Crippen LogP contribution >= 0.6 is 8.25 Å². The monoisotopic (exact) mass is 541 g/mol. The number of benzene rings is 2. The molecular formula is C28H39F3NO4P. The first-order valence-electron chi connectivity index (χ1n) is 13.3. The Bertz CT molecular complexity index is 966. The molecule has 206 valence electrons. The molecule has 2 aromatic rings. The van der Waals surface area contributed by atoms with Crippen molar-refractivity contribution in [3.05, 3.63) is 65.2 Å². The van der Waals surface area contributed by atoms with Gasteiger partial charge in [0.1, 0.15) is 5.75 Å². The van der Waals surface area contributed by atoms with E-state index in [-0.39, 0.29) is 17.8 Å². The van der Waals surface area contributed by atoms with E-state index in [1.807, 2.05) is 6.07 Å². The summed E-state index contributed by atoms with van der Waals surface area (Å²) in [5.41, 5.74) is 2.91. The maximum Gasteiger partial charge on any atom is 0.573 e. The van der Waals surface area contributed by atoms with Gasteiger partial charge in [0, 0.05) is 6.54 Å². The van der Waals surface area contributed by atoms with Crippen LogP contribution in [0.5, 0.6) is 5.75 Å². The van der Waals surface area contributed by atoms with Crippen molar-refractivity contribution in [1.82, 2.24) is 5.32 Å². The summed E-state index contributed by atoms with van der Waals surface area (Å²) in [6, 6.07) is 15.8. The van der Waals surface area contributed by atoms with Gasteiger partial charge in [-0.05, 0) is 73.2 Å². The van der Waals surface area contributed by atoms with Crippen LogP contribution in [0.25, 0.3) is 0 Å². The molecule has 0 spiro atoms. The van der Waals surface area contributed by atoms with Crippen molar-refractivity contribution in [3.63, 3.8) is 0 Å². The highest BCUT2D eigenvalue weighted by molar-refractivity contribution is 7.32. The van der Waals surface area contributed by atoms with Gasteiger partial charge in [-0.15, -0.1) is 13.2 Å². The fraction of sp³-hybridized carbons (Fsp3) is 0.571. The number of hydrogen-bond donors (Lipinski definition) is 2. The van der Waals surface area contributed by atoms with Crippen LogP contribution in [0.2, 0.25) is 0 Å². The molecule has 1 unspecified atom stereocenters. The van der Waals surface area contributed by atoms with Gasteiger partial charge in [0.05, 0.1) is 6.61 Å². The van der Waals surface area contributed by atoms with Gasteiger partial charge in [0.25, 0.3) is 0 Å². The lowest BCUT2D eigenvalue weighted by atomic mass is 9.66. The molecule has 2 aromatic carbocycles. The smallest absolute Gasteiger partial charge is 0.405 e. The molecule has 1 fully saturated rings. The second-order valence-corrected chi connectivity index (χ2v) is 10.7. The summed E-state index contributed by atoms with van der Waals surface area (Å²) >= 11 is 0. The second-order valence-electron chi connectivity index (χ2n) is 9.90. The molecule has 1 aliphatic carbocycles. The molecule has 0 radical (unpaired) electrons. The molecule has 37 heavy (non-hydrogen) atoms. The highest BCUT2D eigenvalue weighted by atomic mass is 31.1. The van der Waals surface area contributed by atoms with E-state index in [4.69, 9.17) is 4.89 Å². The van der Waals surface area contributed by atoms with Gasteiger partial charge >= 0.3 is 14.6 Å². The molecule has 9 heteroatoms. The summed E-state index contributed by atoms with van der Waals surface area (Å²) in [6.45, 7) is 1.02. The summed E-state index contributed by atoms with van der Waals surface area (Å²) in [7, 11) is -2.93. The Kier molecular flexibility index (Phi) is 12.0. The normalized spacial score (nSPS) is 16.4. The summed E-state index contributed by atoms with van der Waals surface area (Å²) in [5, 5.41) is 3.10. The summed E-state index contributed by atoms with van der Waals surface area (Å²) in [5.74, 6) is -0.137. The van der Waals surface area contributed by atoms with E-state index in [1.165, 1.54) is 43.7 Å². The Morgan fingerprint density at radius 1 is 0.973 bits per heavy atom. The number of ether oxygens (including phenoxy) is 1. The minimum absolute atomic E-state index is 0.137. The van der Waals surface area contributed by atoms with Gasteiger partial charge in [-0.1, -0.05) is 74.6 Å². The minimum Gasteiger partial charge on any atom is -0.405 e. The molecule has 0 aliphatic heterocycles. The maximum atomic E-state index is 13.1. The van der Waals surface area contributed by atoms with Crippen LogP contribution in [0.3, 0.4) is 0 Å². The van der Waals surface area contributed by atoms with Crippen LogP contribution in [0.15, 0.2) is 48.5 Å². The fourth-order valence-corrected chi connectivity index (χ4v) is 5.70. The van der Waals surface area contributed by atoms with Gasteiger partial charge in [-0.3, -0.25) is 4.57 Å². The molecule has 0 bridgehead atoms. The van der Waals surface area contributed by atoms with Crippen molar-refractivity contribution < 1.29 is 31.9 Å². The van der Waals surface area contributed by atoms with Crippen molar-refractivity contribution in [2.75, 3.05) is 13.2 Å². The fourth-order valence-electron chi connectivity index (χ4n) is 5.38. The number of rotatable bonds is 15. The number of alkyl halides is 3. The Labute approximate surface area is 218 Å². The van der Waals surface area contributed by atoms with Crippen molar-refractivity contribution in [2.24, 2.45) is 0 Å². The van der Waals surface area contributed by atoms with E-state index in [0.29, 0.717) is 37.1 Å². The molecule has 0 heterocycles. The van der Waals surface area contributed by atoms with E-state index in [2.05, 4.69) is 44.9 Å². The van der Waals surface area contributed by atoms with Crippen LogP contribution in [0, 0.1) is 0 Å². The summed E-state index contributed by atoms with van der Waals surface area (Å²) < 4.78 is 58.7. The first-order valence-corrected chi connectivity index (χ1v) is 14.5. The van der Waals surface area contributed by atoms with Crippen LogP contribution < -0.4 is 10.1 Å². The van der Waals surface area contributed by atoms with Gasteiger partial charge in [-0.25, -0.2) is 0 Å². The zero-order chi connectivity index (χ0) is 26.6. The summed E-state index contributed by atoms with van der Waals surface area (Å²) in [4.78, 5) is 8.64. The van der Waals surface area contributed by atoms with E-state index in [0.717, 1.165) is 25.7 Å². The third-order valence-electron chi connectivity index (χ3n) is 7.21. The number of nitrogens with one attached hydrogen (secondary N) is 1. The average Bonchev–Trinajstić information content (AvgIpc) is 2.87. The largest absolute Gasteiger partial charge is 0.573 e. The topological polar surface area (TPSA) is 67.8 Å². The van der Waals surface area contributed by atoms with Crippen molar-refractivity contribution in [2.45, 2.75) is 89.0 Å². The lowest BCUT2D eigenvalue weighted by Gasteiger charge is -2.38. The zero-order valence-electron chi connectivity index (χ0n) is 21.3. The highest BCUT2D eigenvalue weighted by Gasteiger charge is 2.33.